The highest BCUT2D eigenvalue weighted by Crippen LogP contribution is 2.52. The summed E-state index contributed by atoms with van der Waals surface area (Å²) in [6.45, 7) is 2.26. The van der Waals surface area contributed by atoms with Crippen LogP contribution in [0.4, 0.5) is 0 Å². The van der Waals surface area contributed by atoms with Crippen LogP contribution >= 0.6 is 23.2 Å². The third kappa shape index (κ3) is 2.06. The molecular weight excluding hydrogens is 311 g/mol. The highest BCUT2D eigenvalue weighted by Gasteiger charge is 2.37. The molecule has 0 saturated heterocycles. The zero-order valence-electron chi connectivity index (χ0n) is 12.3. The largest absolute Gasteiger partial charge is 0.0884 e. The average molecular weight is 327 g/mol. The summed E-state index contributed by atoms with van der Waals surface area (Å²) in [5.41, 5.74) is 5.09. The molecule has 0 radical (unpaired) electrons. The van der Waals surface area contributed by atoms with Crippen molar-refractivity contribution in [3.05, 3.63) is 80.8 Å². The average Bonchev–Trinajstić information content (AvgIpc) is 3.01. The van der Waals surface area contributed by atoms with E-state index in [2.05, 4.69) is 67.6 Å². The van der Waals surface area contributed by atoms with Gasteiger partial charge in [-0.15, -0.1) is 0 Å². The zero-order chi connectivity index (χ0) is 15.3. The predicted octanol–water partition coefficient (Wildman–Crippen LogP) is 6.38. The van der Waals surface area contributed by atoms with Gasteiger partial charge in [-0.1, -0.05) is 78.7 Å². The van der Waals surface area contributed by atoms with Crippen LogP contribution in [0.15, 0.2) is 58.6 Å². The van der Waals surface area contributed by atoms with Gasteiger partial charge >= 0.3 is 0 Å². The third-order valence-electron chi connectivity index (χ3n) is 4.89. The fourth-order valence-corrected chi connectivity index (χ4v) is 4.75. The van der Waals surface area contributed by atoms with Crippen molar-refractivity contribution in [2.45, 2.75) is 18.8 Å². The number of benzene rings is 2. The van der Waals surface area contributed by atoms with Gasteiger partial charge in [0.25, 0.3) is 0 Å². The number of halogens is 2. The molecule has 2 aliphatic rings. The molecule has 110 valence electrons. The first-order chi connectivity index (χ1) is 10.7. The maximum Gasteiger partial charge on any atom is 0.0265 e. The molecule has 0 nitrogen and oxygen atoms in total. The van der Waals surface area contributed by atoms with Crippen molar-refractivity contribution in [1.82, 2.24) is 0 Å². The predicted molar refractivity (Wildman–Crippen MR) is 95.2 cm³/mol. The first-order valence-electron chi connectivity index (χ1n) is 7.59. The van der Waals surface area contributed by atoms with Crippen molar-refractivity contribution in [2.75, 3.05) is 0 Å². The van der Waals surface area contributed by atoms with E-state index in [0.717, 1.165) is 10.1 Å². The van der Waals surface area contributed by atoms with Gasteiger partial charge in [-0.2, -0.15) is 0 Å². The molecule has 0 amide bonds. The van der Waals surface area contributed by atoms with E-state index in [0.29, 0.717) is 5.92 Å². The fourth-order valence-electron chi connectivity index (χ4n) is 3.89. The minimum atomic E-state index is 0.219. The van der Waals surface area contributed by atoms with Gasteiger partial charge in [0.2, 0.25) is 0 Å². The van der Waals surface area contributed by atoms with Crippen LogP contribution in [0.3, 0.4) is 0 Å². The molecule has 4 rings (SSSR count). The molecule has 2 aliphatic carbocycles. The molecule has 0 saturated carbocycles. The number of rotatable bonds is 2. The molecular formula is C20H16Cl2. The molecule has 0 bridgehead atoms. The van der Waals surface area contributed by atoms with E-state index < -0.39 is 0 Å². The van der Waals surface area contributed by atoms with E-state index >= 15 is 0 Å². The van der Waals surface area contributed by atoms with Gasteiger partial charge in [-0.3, -0.25) is 0 Å². The van der Waals surface area contributed by atoms with Gasteiger partial charge in [-0.05, 0) is 40.3 Å². The number of fused-ring (bicyclic) bond motifs is 2. The molecule has 0 fully saturated rings. The third-order valence-corrected chi connectivity index (χ3v) is 5.58. The van der Waals surface area contributed by atoms with Gasteiger partial charge in [0, 0.05) is 21.9 Å². The van der Waals surface area contributed by atoms with Crippen molar-refractivity contribution in [3.63, 3.8) is 0 Å². The van der Waals surface area contributed by atoms with Crippen LogP contribution in [0.5, 0.6) is 0 Å². The Morgan fingerprint density at radius 3 is 1.59 bits per heavy atom. The van der Waals surface area contributed by atoms with E-state index in [-0.39, 0.29) is 11.8 Å². The van der Waals surface area contributed by atoms with Crippen LogP contribution in [-0.2, 0) is 0 Å². The van der Waals surface area contributed by atoms with Crippen LogP contribution in [0.2, 0.25) is 0 Å². The van der Waals surface area contributed by atoms with E-state index in [9.17, 15) is 0 Å². The van der Waals surface area contributed by atoms with E-state index in [1.807, 2.05) is 0 Å². The lowest BCUT2D eigenvalue weighted by Gasteiger charge is -2.28. The van der Waals surface area contributed by atoms with Gasteiger partial charge in [0.15, 0.2) is 0 Å². The maximum atomic E-state index is 6.59. The minimum Gasteiger partial charge on any atom is -0.0884 e. The standard InChI is InChI=1S/C20H16Cl2/c1-12(19-15-8-4-2-6-13(15)10-17(19)21)20-16-9-5-3-7-14(16)11-18(20)22/h2-12,19-20H,1H3. The van der Waals surface area contributed by atoms with Gasteiger partial charge in [0.1, 0.15) is 0 Å². The Kier molecular flexibility index (Phi) is 3.40. The van der Waals surface area contributed by atoms with Crippen molar-refractivity contribution in [3.8, 4) is 0 Å². The number of hydrogen-bond donors (Lipinski definition) is 0. The van der Waals surface area contributed by atoms with Gasteiger partial charge < -0.3 is 0 Å². The highest BCUT2D eigenvalue weighted by atomic mass is 35.5. The summed E-state index contributed by atoms with van der Waals surface area (Å²) in [5.74, 6) is 0.757. The quantitative estimate of drug-likeness (QED) is 0.600. The first kappa shape index (κ1) is 14.1. The lowest BCUT2D eigenvalue weighted by molar-refractivity contribution is 0.473. The first-order valence-corrected chi connectivity index (χ1v) is 8.34. The molecule has 0 aromatic heterocycles. The topological polar surface area (TPSA) is 0 Å². The van der Waals surface area contributed by atoms with Crippen molar-refractivity contribution < 1.29 is 0 Å². The van der Waals surface area contributed by atoms with Crippen LogP contribution in [0, 0.1) is 5.92 Å². The molecule has 22 heavy (non-hydrogen) atoms. The van der Waals surface area contributed by atoms with E-state index in [1.165, 1.54) is 22.3 Å². The van der Waals surface area contributed by atoms with Crippen molar-refractivity contribution in [1.29, 1.82) is 0 Å². The molecule has 0 N–H and O–H groups in total. The van der Waals surface area contributed by atoms with Gasteiger partial charge in [-0.25, -0.2) is 0 Å². The molecule has 2 aromatic carbocycles. The zero-order valence-corrected chi connectivity index (χ0v) is 13.8. The summed E-state index contributed by atoms with van der Waals surface area (Å²) in [6, 6.07) is 16.9. The summed E-state index contributed by atoms with van der Waals surface area (Å²) in [5, 5.41) is 1.84. The summed E-state index contributed by atoms with van der Waals surface area (Å²) in [7, 11) is 0. The van der Waals surface area contributed by atoms with Crippen molar-refractivity contribution in [2.24, 2.45) is 5.92 Å². The molecule has 0 aliphatic heterocycles. The summed E-state index contributed by atoms with van der Waals surface area (Å²) < 4.78 is 0. The van der Waals surface area contributed by atoms with Crippen LogP contribution < -0.4 is 0 Å². The Balaban J connectivity index is 1.76. The Morgan fingerprint density at radius 1 is 0.727 bits per heavy atom. The monoisotopic (exact) mass is 326 g/mol. The second kappa shape index (κ2) is 5.30. The van der Waals surface area contributed by atoms with Crippen molar-refractivity contribution >= 4 is 35.4 Å². The molecule has 2 aromatic rings. The van der Waals surface area contributed by atoms with Crippen LogP contribution in [-0.4, -0.2) is 0 Å². The summed E-state index contributed by atoms with van der Waals surface area (Å²) >= 11 is 13.2. The second-order valence-electron chi connectivity index (χ2n) is 6.13. The molecule has 2 unspecified atom stereocenters. The van der Waals surface area contributed by atoms with E-state index in [4.69, 9.17) is 23.2 Å². The molecule has 0 heterocycles. The Bertz CT molecular complexity index is 733. The van der Waals surface area contributed by atoms with Gasteiger partial charge in [0.05, 0.1) is 0 Å². The summed E-state index contributed by atoms with van der Waals surface area (Å²) in [6.07, 6.45) is 4.19. The highest BCUT2D eigenvalue weighted by molar-refractivity contribution is 6.34. The lowest BCUT2D eigenvalue weighted by atomic mass is 9.78. The SMILES string of the molecule is CC(C1C(Cl)=Cc2ccccc21)C1C(Cl)=Cc2ccccc21. The fraction of sp³-hybridized carbons (Fsp3) is 0.200. The maximum absolute atomic E-state index is 6.59. The Hall–Kier alpha value is -1.50. The smallest absolute Gasteiger partial charge is 0.0265 e. The number of allylic oxidation sites excluding steroid dienone is 2. The van der Waals surface area contributed by atoms with Crippen LogP contribution in [0.25, 0.3) is 12.2 Å². The molecule has 2 heteroatoms. The van der Waals surface area contributed by atoms with Crippen LogP contribution in [0.1, 0.15) is 41.0 Å². The van der Waals surface area contributed by atoms with E-state index in [1.54, 1.807) is 0 Å². The molecule has 2 atom stereocenters. The Labute approximate surface area is 141 Å². The molecule has 0 spiro atoms. The number of hydrogen-bond acceptors (Lipinski definition) is 0. The minimum absolute atomic E-state index is 0.219. The lowest BCUT2D eigenvalue weighted by Crippen LogP contribution is -2.17. The Morgan fingerprint density at radius 2 is 1.14 bits per heavy atom. The second-order valence-corrected chi connectivity index (χ2v) is 7.00. The summed E-state index contributed by atoms with van der Waals surface area (Å²) in [4.78, 5) is 0. The normalized spacial score (nSPS) is 23.6.